The molecule has 4 aromatic carbocycles. The Hall–Kier alpha value is -3.68. The van der Waals surface area contributed by atoms with Gasteiger partial charge in [-0.25, -0.2) is 12.8 Å². The minimum Gasteiger partial charge on any atom is -0.389 e. The molecule has 0 aliphatic rings. The number of aromatic nitrogens is 1. The summed E-state index contributed by atoms with van der Waals surface area (Å²) >= 11 is 0. The lowest BCUT2D eigenvalue weighted by molar-refractivity contribution is 0.166. The van der Waals surface area contributed by atoms with Crippen molar-refractivity contribution in [2.24, 2.45) is 0 Å². The van der Waals surface area contributed by atoms with Crippen molar-refractivity contribution in [1.29, 1.82) is 0 Å². The van der Waals surface area contributed by atoms with E-state index in [0.717, 1.165) is 45.1 Å². The first kappa shape index (κ1) is 24.0. The summed E-state index contributed by atoms with van der Waals surface area (Å²) in [6.45, 7) is 3.73. The van der Waals surface area contributed by atoms with E-state index in [2.05, 4.69) is 0 Å². The maximum atomic E-state index is 13.8. The molecule has 36 heavy (non-hydrogen) atoms. The van der Waals surface area contributed by atoms with Crippen LogP contribution >= 0.6 is 0 Å². The topological polar surface area (TPSA) is 62.5 Å². The fourth-order valence-corrected chi connectivity index (χ4v) is 6.53. The monoisotopic (exact) mass is 502 g/mol. The average molecular weight is 503 g/mol. The number of nitrogens with zero attached hydrogens (tertiary/aromatic N) is 2. The number of halogens is 1. The lowest BCUT2D eigenvalue weighted by Crippen LogP contribution is -2.40. The number of hydrogen-bond acceptors (Lipinski definition) is 3. The fraction of sp³-hybridized carbons (Fsp3) is 0.172. The van der Waals surface area contributed by atoms with Crippen LogP contribution in [0.1, 0.15) is 11.1 Å². The van der Waals surface area contributed by atoms with Gasteiger partial charge in [-0.2, -0.15) is 0 Å². The number of sulfonamides is 1. The van der Waals surface area contributed by atoms with Crippen LogP contribution in [-0.4, -0.2) is 30.7 Å². The van der Waals surface area contributed by atoms with E-state index >= 15 is 0 Å². The number of hydrogen-bond donors (Lipinski definition) is 1. The molecule has 1 unspecified atom stereocenters. The van der Waals surface area contributed by atoms with Crippen LogP contribution < -0.4 is 4.31 Å². The van der Waals surface area contributed by atoms with Gasteiger partial charge in [0.25, 0.3) is 10.0 Å². The van der Waals surface area contributed by atoms with E-state index in [-0.39, 0.29) is 18.0 Å². The average Bonchev–Trinajstić information content (AvgIpc) is 3.17. The highest BCUT2D eigenvalue weighted by Gasteiger charge is 2.30. The molecule has 1 heterocycles. The molecule has 5 nitrogen and oxygen atoms in total. The molecule has 0 amide bonds. The van der Waals surface area contributed by atoms with Gasteiger partial charge in [0.05, 0.1) is 29.8 Å². The predicted octanol–water partition coefficient (Wildman–Crippen LogP) is 5.81. The number of aryl methyl sites for hydroxylation is 2. The third kappa shape index (κ3) is 4.25. The van der Waals surface area contributed by atoms with Crippen LogP contribution in [0.3, 0.4) is 0 Å². The van der Waals surface area contributed by atoms with Gasteiger partial charge in [-0.05, 0) is 61.4 Å². The number of anilines is 1. The summed E-state index contributed by atoms with van der Waals surface area (Å²) in [7, 11) is -4.08. The zero-order valence-electron chi connectivity index (χ0n) is 20.1. The number of aliphatic hydroxyl groups excluding tert-OH is 1. The summed E-state index contributed by atoms with van der Waals surface area (Å²) in [6, 6.07) is 26.3. The summed E-state index contributed by atoms with van der Waals surface area (Å²) < 4.78 is 44.4. The highest BCUT2D eigenvalue weighted by atomic mass is 32.2. The first-order valence-electron chi connectivity index (χ1n) is 11.8. The quantitative estimate of drug-likeness (QED) is 0.306. The lowest BCUT2D eigenvalue weighted by atomic mass is 10.1. The van der Waals surface area contributed by atoms with E-state index in [9.17, 15) is 17.9 Å². The molecule has 0 aliphatic carbocycles. The molecule has 184 valence electrons. The van der Waals surface area contributed by atoms with Crippen LogP contribution in [0, 0.1) is 19.7 Å². The first-order chi connectivity index (χ1) is 17.3. The van der Waals surface area contributed by atoms with Crippen molar-refractivity contribution in [2.75, 3.05) is 10.8 Å². The molecule has 1 atom stereocenters. The maximum Gasteiger partial charge on any atom is 0.264 e. The predicted molar refractivity (Wildman–Crippen MR) is 142 cm³/mol. The zero-order valence-corrected chi connectivity index (χ0v) is 20.9. The normalized spacial score (nSPS) is 12.8. The van der Waals surface area contributed by atoms with E-state index in [1.54, 1.807) is 0 Å². The van der Waals surface area contributed by atoms with E-state index < -0.39 is 21.9 Å². The Morgan fingerprint density at radius 3 is 1.89 bits per heavy atom. The Labute approximate surface area is 210 Å². The number of para-hydroxylation sites is 3. The Kier molecular flexibility index (Phi) is 6.28. The summed E-state index contributed by atoms with van der Waals surface area (Å²) in [4.78, 5) is -0.0318. The first-order valence-corrected chi connectivity index (χ1v) is 13.2. The third-order valence-electron chi connectivity index (χ3n) is 6.54. The lowest BCUT2D eigenvalue weighted by Gasteiger charge is -2.30. The third-order valence-corrected chi connectivity index (χ3v) is 8.32. The van der Waals surface area contributed by atoms with Crippen LogP contribution in [0.4, 0.5) is 10.1 Å². The SMILES string of the molecule is Cc1cccc(C)c1N(CC(O)Cn1c2ccccc2c2ccccc21)S(=O)(=O)c1ccc(F)cc1. The second-order valence-corrected chi connectivity index (χ2v) is 10.9. The van der Waals surface area contributed by atoms with Crippen molar-refractivity contribution >= 4 is 37.5 Å². The molecule has 0 aliphatic heterocycles. The van der Waals surface area contributed by atoms with Gasteiger partial charge < -0.3 is 9.67 Å². The summed E-state index contributed by atoms with van der Waals surface area (Å²) in [6.07, 6.45) is -1.02. The van der Waals surface area contributed by atoms with Gasteiger partial charge in [-0.3, -0.25) is 4.31 Å². The number of aliphatic hydroxyl groups is 1. The van der Waals surface area contributed by atoms with Crippen molar-refractivity contribution in [3.05, 3.63) is 108 Å². The van der Waals surface area contributed by atoms with Gasteiger partial charge in [-0.1, -0.05) is 54.6 Å². The van der Waals surface area contributed by atoms with Gasteiger partial charge in [0, 0.05) is 21.8 Å². The second-order valence-electron chi connectivity index (χ2n) is 9.03. The van der Waals surface area contributed by atoms with Gasteiger partial charge >= 0.3 is 0 Å². The molecule has 0 spiro atoms. The minimum absolute atomic E-state index is 0.0318. The Bertz CT molecular complexity index is 1590. The number of rotatable bonds is 7. The van der Waals surface area contributed by atoms with Crippen molar-refractivity contribution in [1.82, 2.24) is 4.57 Å². The van der Waals surface area contributed by atoms with Crippen LogP contribution in [0.15, 0.2) is 95.9 Å². The largest absolute Gasteiger partial charge is 0.389 e. The molecule has 0 fully saturated rings. The van der Waals surface area contributed by atoms with E-state index in [1.807, 2.05) is 85.1 Å². The van der Waals surface area contributed by atoms with E-state index in [1.165, 1.54) is 16.4 Å². The highest BCUT2D eigenvalue weighted by Crippen LogP contribution is 2.32. The fourth-order valence-electron chi connectivity index (χ4n) is 4.90. The minimum atomic E-state index is -4.08. The molecule has 7 heteroatoms. The Morgan fingerprint density at radius 2 is 1.33 bits per heavy atom. The molecule has 0 saturated heterocycles. The van der Waals surface area contributed by atoms with Crippen LogP contribution in [0.2, 0.25) is 0 Å². The smallest absolute Gasteiger partial charge is 0.264 e. The van der Waals surface area contributed by atoms with E-state index in [4.69, 9.17) is 0 Å². The molecule has 1 aromatic heterocycles. The van der Waals surface area contributed by atoms with Gasteiger partial charge in [-0.15, -0.1) is 0 Å². The van der Waals surface area contributed by atoms with Crippen molar-refractivity contribution in [3.63, 3.8) is 0 Å². The Balaban J connectivity index is 1.57. The highest BCUT2D eigenvalue weighted by molar-refractivity contribution is 7.92. The molecular formula is C29H27FN2O3S. The van der Waals surface area contributed by atoms with Crippen molar-refractivity contribution < 1.29 is 17.9 Å². The molecular weight excluding hydrogens is 475 g/mol. The number of fused-ring (bicyclic) bond motifs is 3. The van der Waals surface area contributed by atoms with Crippen molar-refractivity contribution in [2.45, 2.75) is 31.4 Å². The molecule has 0 radical (unpaired) electrons. The van der Waals surface area contributed by atoms with Crippen LogP contribution in [0.25, 0.3) is 21.8 Å². The molecule has 0 bridgehead atoms. The van der Waals surface area contributed by atoms with Gasteiger partial charge in [0.1, 0.15) is 5.82 Å². The van der Waals surface area contributed by atoms with E-state index in [0.29, 0.717) is 5.69 Å². The molecule has 1 N–H and O–H groups in total. The van der Waals surface area contributed by atoms with Gasteiger partial charge in [0.15, 0.2) is 0 Å². The number of benzene rings is 4. The second kappa shape index (κ2) is 9.41. The summed E-state index contributed by atoms with van der Waals surface area (Å²) in [5.41, 5.74) is 3.99. The molecule has 5 aromatic rings. The van der Waals surface area contributed by atoms with Crippen LogP contribution in [0.5, 0.6) is 0 Å². The summed E-state index contributed by atoms with van der Waals surface area (Å²) in [5.74, 6) is -0.515. The zero-order chi connectivity index (χ0) is 25.4. The Morgan fingerprint density at radius 1 is 0.806 bits per heavy atom. The molecule has 5 rings (SSSR count). The summed E-state index contributed by atoms with van der Waals surface area (Å²) in [5, 5.41) is 13.5. The van der Waals surface area contributed by atoms with Gasteiger partial charge in [0.2, 0.25) is 0 Å². The standard InChI is InChI=1S/C29H27FN2O3S/c1-20-8-7-9-21(2)29(20)32(36(34,35)24-16-14-22(30)15-17-24)19-23(33)18-31-27-12-5-3-10-25(27)26-11-4-6-13-28(26)31/h3-17,23,33H,18-19H2,1-2H3. The van der Waals surface area contributed by atoms with Crippen LogP contribution in [-0.2, 0) is 16.6 Å². The maximum absolute atomic E-state index is 13.8. The van der Waals surface area contributed by atoms with Crippen molar-refractivity contribution in [3.8, 4) is 0 Å². The molecule has 0 saturated carbocycles.